The van der Waals surface area contributed by atoms with Gasteiger partial charge in [-0.05, 0) is 37.0 Å². The Morgan fingerprint density at radius 3 is 2.64 bits per heavy atom. The Kier molecular flexibility index (Phi) is 6.18. The van der Waals surface area contributed by atoms with Crippen LogP contribution in [0, 0.1) is 5.92 Å². The fourth-order valence-corrected chi connectivity index (χ4v) is 4.00. The molecule has 2 unspecified atom stereocenters. The highest BCUT2D eigenvalue weighted by Crippen LogP contribution is 2.21. The Balaban J connectivity index is 2.25. The van der Waals surface area contributed by atoms with Crippen molar-refractivity contribution in [3.63, 3.8) is 0 Å². The zero-order chi connectivity index (χ0) is 18.6. The minimum absolute atomic E-state index is 0.0931. The molecule has 1 aliphatic rings. The molecule has 25 heavy (non-hydrogen) atoms. The fraction of sp³-hybridized carbons (Fsp3) is 0.529. The maximum atomic E-state index is 12.5. The van der Waals surface area contributed by atoms with Gasteiger partial charge in [-0.3, -0.25) is 4.79 Å². The predicted octanol–water partition coefficient (Wildman–Crippen LogP) is 1.26. The van der Waals surface area contributed by atoms with Crippen molar-refractivity contribution in [3.8, 4) is 0 Å². The average molecular weight is 369 g/mol. The third-order valence-electron chi connectivity index (χ3n) is 4.33. The molecular formula is C17H23NO6S. The monoisotopic (exact) mass is 369 g/mol. The Labute approximate surface area is 147 Å². The molecule has 0 aliphatic carbocycles. The third kappa shape index (κ3) is 4.79. The van der Waals surface area contributed by atoms with E-state index in [0.29, 0.717) is 25.0 Å². The van der Waals surface area contributed by atoms with Crippen molar-refractivity contribution >= 4 is 21.7 Å². The van der Waals surface area contributed by atoms with Gasteiger partial charge in [-0.1, -0.05) is 13.0 Å². The number of benzene rings is 1. The molecule has 0 spiro atoms. The number of amides is 1. The van der Waals surface area contributed by atoms with E-state index in [1.54, 1.807) is 6.07 Å². The lowest BCUT2D eigenvalue weighted by Gasteiger charge is -2.28. The molecule has 1 saturated heterocycles. The molecule has 2 N–H and O–H groups in total. The van der Waals surface area contributed by atoms with Crippen LogP contribution in [0.4, 0.5) is 0 Å². The van der Waals surface area contributed by atoms with Crippen LogP contribution in [0.15, 0.2) is 23.1 Å². The van der Waals surface area contributed by atoms with E-state index in [1.165, 1.54) is 12.1 Å². The number of nitrogens with one attached hydrogen (secondary N) is 1. The number of hydrogen-bond donors (Lipinski definition) is 2. The van der Waals surface area contributed by atoms with Gasteiger partial charge in [0.05, 0.1) is 11.5 Å². The van der Waals surface area contributed by atoms with Gasteiger partial charge in [-0.2, -0.15) is 0 Å². The lowest BCUT2D eigenvalue weighted by molar-refractivity contribution is -0.142. The van der Waals surface area contributed by atoms with Crippen molar-refractivity contribution in [2.24, 2.45) is 5.92 Å². The predicted molar refractivity (Wildman–Crippen MR) is 91.4 cm³/mol. The van der Waals surface area contributed by atoms with E-state index in [1.807, 2.05) is 6.92 Å². The first kappa shape index (κ1) is 19.4. The number of carbonyl (C=O) groups is 2. The van der Waals surface area contributed by atoms with E-state index < -0.39 is 27.8 Å². The Morgan fingerprint density at radius 1 is 1.40 bits per heavy atom. The van der Waals surface area contributed by atoms with Gasteiger partial charge in [-0.25, -0.2) is 13.2 Å². The number of hydrogen-bond acceptors (Lipinski definition) is 5. The van der Waals surface area contributed by atoms with E-state index in [0.717, 1.165) is 12.7 Å². The highest BCUT2D eigenvalue weighted by molar-refractivity contribution is 7.90. The van der Waals surface area contributed by atoms with Crippen LogP contribution in [-0.4, -0.2) is 50.9 Å². The smallest absolute Gasteiger partial charge is 0.326 e. The van der Waals surface area contributed by atoms with Crippen LogP contribution in [-0.2, 0) is 25.8 Å². The Hall–Kier alpha value is -1.93. The molecule has 1 aromatic rings. The largest absolute Gasteiger partial charge is 0.480 e. The molecule has 1 heterocycles. The van der Waals surface area contributed by atoms with Gasteiger partial charge in [0.25, 0.3) is 5.91 Å². The van der Waals surface area contributed by atoms with Crippen molar-refractivity contribution in [2.75, 3.05) is 19.5 Å². The van der Waals surface area contributed by atoms with Crippen molar-refractivity contribution in [1.82, 2.24) is 5.32 Å². The number of sulfone groups is 1. The summed E-state index contributed by atoms with van der Waals surface area (Å²) in [7, 11) is -3.48. The molecule has 1 amide bonds. The van der Waals surface area contributed by atoms with Gasteiger partial charge in [0.2, 0.25) is 0 Å². The van der Waals surface area contributed by atoms with Crippen LogP contribution in [0.5, 0.6) is 0 Å². The van der Waals surface area contributed by atoms with Crippen molar-refractivity contribution in [1.29, 1.82) is 0 Å². The molecule has 0 aromatic heterocycles. The van der Waals surface area contributed by atoms with Crippen LogP contribution in [0.3, 0.4) is 0 Å². The van der Waals surface area contributed by atoms with E-state index in [-0.39, 0.29) is 23.0 Å². The second-order valence-corrected chi connectivity index (χ2v) is 8.20. The molecule has 0 bridgehead atoms. The van der Waals surface area contributed by atoms with Crippen molar-refractivity contribution < 1.29 is 27.9 Å². The summed E-state index contributed by atoms with van der Waals surface area (Å²) in [6.45, 7) is 2.70. The van der Waals surface area contributed by atoms with Gasteiger partial charge >= 0.3 is 5.97 Å². The van der Waals surface area contributed by atoms with Crippen LogP contribution >= 0.6 is 0 Å². The molecular weight excluding hydrogens is 346 g/mol. The molecule has 2 rings (SSSR count). The number of ether oxygens (including phenoxy) is 1. The first-order valence-corrected chi connectivity index (χ1v) is 10.1. The van der Waals surface area contributed by atoms with Crippen LogP contribution in [0.2, 0.25) is 0 Å². The average Bonchev–Trinajstić information content (AvgIpc) is 2.58. The number of rotatable bonds is 6. The molecule has 8 heteroatoms. The van der Waals surface area contributed by atoms with Gasteiger partial charge in [0.1, 0.15) is 6.04 Å². The summed E-state index contributed by atoms with van der Waals surface area (Å²) in [6, 6.07) is 3.34. The fourth-order valence-electron chi connectivity index (χ4n) is 2.97. The Bertz CT molecular complexity index is 752. The normalized spacial score (nSPS) is 19.2. The molecule has 7 nitrogen and oxygen atoms in total. The maximum Gasteiger partial charge on any atom is 0.326 e. The van der Waals surface area contributed by atoms with Crippen LogP contribution in [0.25, 0.3) is 0 Å². The third-order valence-corrected chi connectivity index (χ3v) is 5.51. The first-order chi connectivity index (χ1) is 11.7. The number of aliphatic carboxylic acids is 1. The summed E-state index contributed by atoms with van der Waals surface area (Å²) in [4.78, 5) is 24.1. The summed E-state index contributed by atoms with van der Waals surface area (Å²) in [5, 5.41) is 11.9. The molecule has 0 saturated carbocycles. The number of carbonyl (C=O) groups excluding carboxylic acids is 1. The second-order valence-electron chi connectivity index (χ2n) is 6.21. The number of carboxylic acids is 1. The lowest BCUT2D eigenvalue weighted by Crippen LogP contribution is -2.48. The standard InChI is InChI=1S/C17H23NO6S/c1-3-11-6-7-12(9-14(11)25(2,22)23)16(19)18-15(17(20)21)13-5-4-8-24-10-13/h6-7,9,13,15H,3-5,8,10H2,1-2H3,(H,18,19)(H,20,21). The van der Waals surface area contributed by atoms with Gasteiger partial charge in [0.15, 0.2) is 9.84 Å². The number of carboxylic acid groups (broad SMARTS) is 1. The van der Waals surface area contributed by atoms with Crippen molar-refractivity contribution in [3.05, 3.63) is 29.3 Å². The minimum atomic E-state index is -3.48. The van der Waals surface area contributed by atoms with E-state index >= 15 is 0 Å². The molecule has 1 aliphatic heterocycles. The van der Waals surface area contributed by atoms with Gasteiger partial charge < -0.3 is 15.2 Å². The minimum Gasteiger partial charge on any atom is -0.480 e. The van der Waals surface area contributed by atoms with E-state index in [9.17, 15) is 23.1 Å². The first-order valence-electron chi connectivity index (χ1n) is 8.18. The summed E-state index contributed by atoms with van der Waals surface area (Å²) < 4.78 is 29.1. The quantitative estimate of drug-likeness (QED) is 0.781. The van der Waals surface area contributed by atoms with Crippen molar-refractivity contribution in [2.45, 2.75) is 37.1 Å². The van der Waals surface area contributed by atoms with Gasteiger partial charge in [0, 0.05) is 24.3 Å². The SMILES string of the molecule is CCc1ccc(C(=O)NC(C(=O)O)C2CCCOC2)cc1S(C)(=O)=O. The molecule has 0 radical (unpaired) electrons. The molecule has 2 atom stereocenters. The summed E-state index contributed by atoms with van der Waals surface area (Å²) in [6.07, 6.45) is 3.00. The molecule has 1 aromatic carbocycles. The highest BCUT2D eigenvalue weighted by Gasteiger charge is 2.31. The van der Waals surface area contributed by atoms with Crippen LogP contribution < -0.4 is 5.32 Å². The summed E-state index contributed by atoms with van der Waals surface area (Å²) >= 11 is 0. The topological polar surface area (TPSA) is 110 Å². The lowest BCUT2D eigenvalue weighted by atomic mass is 9.93. The second kappa shape index (κ2) is 7.97. The molecule has 1 fully saturated rings. The Morgan fingerprint density at radius 2 is 2.12 bits per heavy atom. The highest BCUT2D eigenvalue weighted by atomic mass is 32.2. The number of aryl methyl sites for hydroxylation is 1. The molecule has 138 valence electrons. The summed E-state index contributed by atoms with van der Waals surface area (Å²) in [5.41, 5.74) is 0.745. The zero-order valence-electron chi connectivity index (χ0n) is 14.3. The van der Waals surface area contributed by atoms with Gasteiger partial charge in [-0.15, -0.1) is 0 Å². The zero-order valence-corrected chi connectivity index (χ0v) is 15.1. The van der Waals surface area contributed by atoms with E-state index in [4.69, 9.17) is 4.74 Å². The maximum absolute atomic E-state index is 12.5. The van der Waals surface area contributed by atoms with E-state index in [2.05, 4.69) is 5.32 Å². The summed E-state index contributed by atoms with van der Waals surface area (Å²) in [5.74, 6) is -2.04. The van der Waals surface area contributed by atoms with Crippen LogP contribution in [0.1, 0.15) is 35.7 Å².